The molecule has 1 saturated carbocycles. The molecule has 0 spiro atoms. The molecule has 0 amide bonds. The van der Waals surface area contributed by atoms with E-state index in [2.05, 4.69) is 11.9 Å². The van der Waals surface area contributed by atoms with Crippen LogP contribution in [0.1, 0.15) is 45.4 Å². The van der Waals surface area contributed by atoms with Crippen LogP contribution in [0.25, 0.3) is 0 Å². The van der Waals surface area contributed by atoms with E-state index in [1.165, 1.54) is 37.8 Å². The lowest BCUT2D eigenvalue weighted by Crippen LogP contribution is -2.07. The third-order valence-electron chi connectivity index (χ3n) is 2.35. The van der Waals surface area contributed by atoms with Crippen molar-refractivity contribution in [3.05, 3.63) is 0 Å². The molecular weight excluding hydrogens is 162 g/mol. The lowest BCUT2D eigenvalue weighted by molar-refractivity contribution is 0.142. The van der Waals surface area contributed by atoms with Gasteiger partial charge in [0, 0.05) is 12.3 Å². The zero-order valence-corrected chi connectivity index (χ0v) is 8.72. The molecule has 1 aliphatic rings. The third kappa shape index (κ3) is 5.04. The molecular formula is C11H21NO. The van der Waals surface area contributed by atoms with Crippen LogP contribution < -0.4 is 0 Å². The summed E-state index contributed by atoms with van der Waals surface area (Å²) in [6.45, 7) is 4.69. The second kappa shape index (κ2) is 7.07. The Labute approximate surface area is 81.4 Å². The van der Waals surface area contributed by atoms with Crippen LogP contribution in [0.3, 0.4) is 0 Å². The monoisotopic (exact) mass is 183 g/mol. The van der Waals surface area contributed by atoms with Gasteiger partial charge < -0.3 is 4.74 Å². The standard InChI is InChI=1S/C11H21NO/c1-2-9-13-10-8-12-11-6-4-3-5-7-11/h2-10H2,1H3. The van der Waals surface area contributed by atoms with Crippen LogP contribution in [0.15, 0.2) is 4.99 Å². The molecule has 0 aromatic heterocycles. The zero-order valence-electron chi connectivity index (χ0n) is 8.72. The lowest BCUT2D eigenvalue weighted by Gasteiger charge is -2.12. The van der Waals surface area contributed by atoms with Crippen molar-refractivity contribution in [1.82, 2.24) is 0 Å². The first kappa shape index (κ1) is 10.7. The second-order valence-electron chi connectivity index (χ2n) is 3.62. The molecule has 13 heavy (non-hydrogen) atoms. The predicted octanol–water partition coefficient (Wildman–Crippen LogP) is 2.82. The summed E-state index contributed by atoms with van der Waals surface area (Å²) in [5.74, 6) is 0. The highest BCUT2D eigenvalue weighted by molar-refractivity contribution is 5.84. The lowest BCUT2D eigenvalue weighted by atomic mass is 9.99. The van der Waals surface area contributed by atoms with E-state index < -0.39 is 0 Å². The van der Waals surface area contributed by atoms with Gasteiger partial charge in [-0.1, -0.05) is 13.3 Å². The van der Waals surface area contributed by atoms with Crippen molar-refractivity contribution >= 4 is 5.71 Å². The van der Waals surface area contributed by atoms with Gasteiger partial charge in [-0.05, 0) is 32.1 Å². The first-order valence-electron chi connectivity index (χ1n) is 5.53. The van der Waals surface area contributed by atoms with Crippen molar-refractivity contribution in [3.63, 3.8) is 0 Å². The molecule has 0 N–H and O–H groups in total. The summed E-state index contributed by atoms with van der Waals surface area (Å²) < 4.78 is 5.37. The van der Waals surface area contributed by atoms with E-state index in [1.54, 1.807) is 0 Å². The minimum absolute atomic E-state index is 0.803. The maximum Gasteiger partial charge on any atom is 0.0661 e. The van der Waals surface area contributed by atoms with Gasteiger partial charge in [0.05, 0.1) is 13.2 Å². The molecule has 0 saturated heterocycles. The van der Waals surface area contributed by atoms with E-state index >= 15 is 0 Å². The minimum Gasteiger partial charge on any atom is -0.380 e. The first-order chi connectivity index (χ1) is 6.43. The molecule has 0 bridgehead atoms. The van der Waals surface area contributed by atoms with E-state index in [9.17, 15) is 0 Å². The van der Waals surface area contributed by atoms with Gasteiger partial charge in [0.15, 0.2) is 0 Å². The van der Waals surface area contributed by atoms with Crippen LogP contribution in [0, 0.1) is 0 Å². The van der Waals surface area contributed by atoms with Gasteiger partial charge in [-0.15, -0.1) is 0 Å². The molecule has 2 heteroatoms. The number of ether oxygens (including phenoxy) is 1. The quantitative estimate of drug-likeness (QED) is 0.601. The van der Waals surface area contributed by atoms with Crippen molar-refractivity contribution in [3.8, 4) is 0 Å². The van der Waals surface area contributed by atoms with Crippen LogP contribution in [0.2, 0.25) is 0 Å². The zero-order chi connectivity index (χ0) is 9.36. The smallest absolute Gasteiger partial charge is 0.0661 e. The largest absolute Gasteiger partial charge is 0.380 e. The Morgan fingerprint density at radius 2 is 1.92 bits per heavy atom. The Balaban J connectivity index is 2.01. The maximum atomic E-state index is 5.37. The fourth-order valence-corrected chi connectivity index (χ4v) is 1.63. The van der Waals surface area contributed by atoms with Crippen LogP contribution in [-0.4, -0.2) is 25.5 Å². The average Bonchev–Trinajstić information content (AvgIpc) is 2.19. The highest BCUT2D eigenvalue weighted by Crippen LogP contribution is 2.14. The van der Waals surface area contributed by atoms with Crippen LogP contribution in [-0.2, 0) is 4.74 Å². The van der Waals surface area contributed by atoms with Gasteiger partial charge in [0.1, 0.15) is 0 Å². The summed E-state index contributed by atoms with van der Waals surface area (Å²) in [6.07, 6.45) is 7.65. The molecule has 76 valence electrons. The normalized spacial score (nSPS) is 17.5. The fraction of sp³-hybridized carbons (Fsp3) is 0.909. The molecule has 1 fully saturated rings. The van der Waals surface area contributed by atoms with Crippen molar-refractivity contribution in [1.29, 1.82) is 0 Å². The summed E-state index contributed by atoms with van der Waals surface area (Å²) in [5, 5.41) is 0. The van der Waals surface area contributed by atoms with Crippen molar-refractivity contribution in [2.24, 2.45) is 4.99 Å². The Hall–Kier alpha value is -0.370. The Morgan fingerprint density at radius 3 is 2.62 bits per heavy atom. The van der Waals surface area contributed by atoms with Crippen LogP contribution in [0.4, 0.5) is 0 Å². The summed E-state index contributed by atoms with van der Waals surface area (Å²) >= 11 is 0. The summed E-state index contributed by atoms with van der Waals surface area (Å²) in [6, 6.07) is 0. The number of nitrogens with zero attached hydrogens (tertiary/aromatic N) is 1. The molecule has 2 nitrogen and oxygen atoms in total. The van der Waals surface area contributed by atoms with Gasteiger partial charge in [0.25, 0.3) is 0 Å². The van der Waals surface area contributed by atoms with Crippen molar-refractivity contribution in [2.45, 2.75) is 45.4 Å². The van der Waals surface area contributed by atoms with Gasteiger partial charge in [-0.2, -0.15) is 0 Å². The van der Waals surface area contributed by atoms with E-state index in [-0.39, 0.29) is 0 Å². The average molecular weight is 183 g/mol. The van der Waals surface area contributed by atoms with E-state index in [1.807, 2.05) is 0 Å². The second-order valence-corrected chi connectivity index (χ2v) is 3.62. The number of rotatable bonds is 5. The number of aliphatic imine (C=N–C) groups is 1. The maximum absolute atomic E-state index is 5.37. The Kier molecular flexibility index (Phi) is 5.83. The van der Waals surface area contributed by atoms with Gasteiger partial charge in [-0.3, -0.25) is 4.99 Å². The number of hydrogen-bond acceptors (Lipinski definition) is 2. The van der Waals surface area contributed by atoms with E-state index in [0.29, 0.717) is 0 Å². The highest BCUT2D eigenvalue weighted by atomic mass is 16.5. The molecule has 0 aromatic carbocycles. The van der Waals surface area contributed by atoms with Crippen molar-refractivity contribution in [2.75, 3.05) is 19.8 Å². The molecule has 0 heterocycles. The SMILES string of the molecule is CCCOCCN=C1CCCCC1. The Bertz CT molecular complexity index is 146. The highest BCUT2D eigenvalue weighted by Gasteiger charge is 2.05. The third-order valence-corrected chi connectivity index (χ3v) is 2.35. The van der Waals surface area contributed by atoms with Gasteiger partial charge in [0.2, 0.25) is 0 Å². The van der Waals surface area contributed by atoms with Crippen LogP contribution >= 0.6 is 0 Å². The van der Waals surface area contributed by atoms with E-state index in [0.717, 1.165) is 26.2 Å². The summed E-state index contributed by atoms with van der Waals surface area (Å²) in [5.41, 5.74) is 1.42. The van der Waals surface area contributed by atoms with Crippen LogP contribution in [0.5, 0.6) is 0 Å². The summed E-state index contributed by atoms with van der Waals surface area (Å²) in [7, 11) is 0. The van der Waals surface area contributed by atoms with Crippen molar-refractivity contribution < 1.29 is 4.74 Å². The topological polar surface area (TPSA) is 21.6 Å². The van der Waals surface area contributed by atoms with Gasteiger partial charge >= 0.3 is 0 Å². The Morgan fingerprint density at radius 1 is 1.15 bits per heavy atom. The molecule has 0 atom stereocenters. The molecule has 0 unspecified atom stereocenters. The molecule has 0 aliphatic heterocycles. The number of hydrogen-bond donors (Lipinski definition) is 0. The van der Waals surface area contributed by atoms with Gasteiger partial charge in [-0.25, -0.2) is 0 Å². The molecule has 0 aromatic rings. The predicted molar refractivity (Wildman–Crippen MR) is 56.5 cm³/mol. The molecule has 0 radical (unpaired) electrons. The fourth-order valence-electron chi connectivity index (χ4n) is 1.63. The molecule has 1 aliphatic carbocycles. The molecule has 1 rings (SSSR count). The van der Waals surface area contributed by atoms with E-state index in [4.69, 9.17) is 4.74 Å². The minimum atomic E-state index is 0.803. The summed E-state index contributed by atoms with van der Waals surface area (Å²) in [4.78, 5) is 4.55. The first-order valence-corrected chi connectivity index (χ1v) is 5.53.